The Morgan fingerprint density at radius 1 is 0.962 bits per heavy atom. The molecule has 0 aromatic heterocycles. The van der Waals surface area contributed by atoms with Gasteiger partial charge in [-0.2, -0.15) is 0 Å². The van der Waals surface area contributed by atoms with Crippen molar-refractivity contribution >= 4 is 17.8 Å². The van der Waals surface area contributed by atoms with Crippen LogP contribution < -0.4 is 0 Å². The first-order chi connectivity index (χ1) is 12.5. The molecule has 0 N–H and O–H groups in total. The summed E-state index contributed by atoms with van der Waals surface area (Å²) in [6.45, 7) is 6.38. The van der Waals surface area contributed by atoms with Gasteiger partial charge in [-0.1, -0.05) is 43.2 Å². The number of amides is 2. The number of ketones is 1. The molecule has 0 radical (unpaired) electrons. The van der Waals surface area contributed by atoms with E-state index in [2.05, 4.69) is 0 Å². The molecule has 0 bridgehead atoms. The predicted molar refractivity (Wildman–Crippen MR) is 99.2 cm³/mol. The minimum atomic E-state index is -0.305. The number of benzene rings is 1. The van der Waals surface area contributed by atoms with E-state index in [9.17, 15) is 14.4 Å². The van der Waals surface area contributed by atoms with Crippen molar-refractivity contribution in [2.75, 3.05) is 32.8 Å². The molecule has 1 aromatic rings. The Bertz CT molecular complexity index is 619. The molecular weight excluding hydrogens is 332 g/mol. The number of Topliss-reactive ketones (excluding diaryl/α,β-unsaturated/α-hetero) is 1. The van der Waals surface area contributed by atoms with E-state index in [0.29, 0.717) is 38.3 Å². The number of hydrogen-bond donors (Lipinski definition) is 0. The maximum Gasteiger partial charge on any atom is 0.409 e. The normalized spacial score (nSPS) is 14.2. The topological polar surface area (TPSA) is 66.9 Å². The molecule has 0 spiro atoms. The van der Waals surface area contributed by atoms with Crippen LogP contribution in [0.2, 0.25) is 0 Å². The third-order valence-electron chi connectivity index (χ3n) is 4.55. The van der Waals surface area contributed by atoms with Crippen LogP contribution in [0.15, 0.2) is 24.3 Å². The number of carbonyl (C=O) groups is 3. The van der Waals surface area contributed by atoms with Gasteiger partial charge in [-0.3, -0.25) is 9.59 Å². The van der Waals surface area contributed by atoms with Crippen LogP contribution in [0.3, 0.4) is 0 Å². The van der Waals surface area contributed by atoms with Crippen molar-refractivity contribution in [3.63, 3.8) is 0 Å². The first kappa shape index (κ1) is 19.9. The van der Waals surface area contributed by atoms with Crippen LogP contribution in [0.25, 0.3) is 0 Å². The summed E-state index contributed by atoms with van der Waals surface area (Å²) in [6.07, 6.45) is 1.95. The number of aryl methyl sites for hydroxylation is 1. The summed E-state index contributed by atoms with van der Waals surface area (Å²) in [6, 6.07) is 7.39. The summed E-state index contributed by atoms with van der Waals surface area (Å²) in [7, 11) is 0. The lowest BCUT2D eigenvalue weighted by Crippen LogP contribution is -2.50. The smallest absolute Gasteiger partial charge is 0.409 e. The quantitative estimate of drug-likeness (QED) is 0.554. The van der Waals surface area contributed by atoms with Crippen LogP contribution in [-0.2, 0) is 9.53 Å². The van der Waals surface area contributed by atoms with E-state index in [1.165, 1.54) is 0 Å². The second-order valence-electron chi connectivity index (χ2n) is 6.62. The van der Waals surface area contributed by atoms with Gasteiger partial charge in [0, 0.05) is 44.6 Å². The SMILES string of the molecule is CCCCOC(=O)N1CCN(C(=O)CCC(=O)c2ccc(C)cc2)CC1. The highest BCUT2D eigenvalue weighted by Crippen LogP contribution is 2.11. The van der Waals surface area contributed by atoms with Crippen molar-refractivity contribution in [3.8, 4) is 0 Å². The Hall–Kier alpha value is -2.37. The second-order valence-corrected chi connectivity index (χ2v) is 6.62. The highest BCUT2D eigenvalue weighted by atomic mass is 16.6. The first-order valence-corrected chi connectivity index (χ1v) is 9.30. The molecule has 6 heteroatoms. The molecule has 1 aliphatic heterocycles. The summed E-state index contributed by atoms with van der Waals surface area (Å²) < 4.78 is 5.19. The molecule has 0 unspecified atom stereocenters. The van der Waals surface area contributed by atoms with Crippen LogP contribution in [0.4, 0.5) is 4.79 Å². The van der Waals surface area contributed by atoms with Crippen molar-refractivity contribution in [1.82, 2.24) is 9.80 Å². The van der Waals surface area contributed by atoms with E-state index in [1.54, 1.807) is 21.9 Å². The Kier molecular flexibility index (Phi) is 7.63. The van der Waals surface area contributed by atoms with Gasteiger partial charge in [0.1, 0.15) is 0 Å². The Morgan fingerprint density at radius 3 is 2.19 bits per heavy atom. The number of unbranched alkanes of at least 4 members (excludes halogenated alkanes) is 1. The molecule has 1 heterocycles. The highest BCUT2D eigenvalue weighted by molar-refractivity contribution is 5.98. The number of ether oxygens (including phenoxy) is 1. The van der Waals surface area contributed by atoms with Crippen molar-refractivity contribution in [2.24, 2.45) is 0 Å². The summed E-state index contributed by atoms with van der Waals surface area (Å²) in [5, 5.41) is 0. The van der Waals surface area contributed by atoms with E-state index in [0.717, 1.165) is 18.4 Å². The van der Waals surface area contributed by atoms with Crippen LogP contribution in [0, 0.1) is 6.92 Å². The number of piperazine rings is 1. The molecule has 1 aromatic carbocycles. The van der Waals surface area contributed by atoms with Crippen molar-refractivity contribution in [2.45, 2.75) is 39.5 Å². The standard InChI is InChI=1S/C20H28N2O4/c1-3-4-15-26-20(25)22-13-11-21(12-14-22)19(24)10-9-18(23)17-7-5-16(2)6-8-17/h5-8H,3-4,9-15H2,1-2H3. The fourth-order valence-corrected chi connectivity index (χ4v) is 2.80. The third kappa shape index (κ3) is 5.86. The lowest BCUT2D eigenvalue weighted by molar-refractivity contribution is -0.132. The van der Waals surface area contributed by atoms with Gasteiger partial charge in [0.25, 0.3) is 0 Å². The minimum Gasteiger partial charge on any atom is -0.449 e. The zero-order chi connectivity index (χ0) is 18.9. The molecule has 1 saturated heterocycles. The summed E-state index contributed by atoms with van der Waals surface area (Å²) in [5.41, 5.74) is 1.74. The van der Waals surface area contributed by atoms with Crippen LogP contribution in [-0.4, -0.2) is 60.4 Å². The molecule has 1 fully saturated rings. The molecular formula is C20H28N2O4. The molecule has 26 heavy (non-hydrogen) atoms. The molecule has 0 atom stereocenters. The van der Waals surface area contributed by atoms with Gasteiger partial charge >= 0.3 is 6.09 Å². The van der Waals surface area contributed by atoms with Gasteiger partial charge in [0.15, 0.2) is 5.78 Å². The Morgan fingerprint density at radius 2 is 1.58 bits per heavy atom. The summed E-state index contributed by atoms with van der Waals surface area (Å²) in [5.74, 6) is -0.0547. The Labute approximate surface area is 155 Å². The Balaban J connectivity index is 1.71. The van der Waals surface area contributed by atoms with Gasteiger partial charge in [-0.15, -0.1) is 0 Å². The van der Waals surface area contributed by atoms with Gasteiger partial charge in [-0.25, -0.2) is 4.79 Å². The lowest BCUT2D eigenvalue weighted by Gasteiger charge is -2.34. The van der Waals surface area contributed by atoms with Gasteiger partial charge in [-0.05, 0) is 13.3 Å². The van der Waals surface area contributed by atoms with Crippen LogP contribution in [0.1, 0.15) is 48.5 Å². The van der Waals surface area contributed by atoms with E-state index in [-0.39, 0.29) is 30.6 Å². The predicted octanol–water partition coefficient (Wildman–Crippen LogP) is 3.04. The molecule has 0 saturated carbocycles. The van der Waals surface area contributed by atoms with Gasteiger partial charge < -0.3 is 14.5 Å². The van der Waals surface area contributed by atoms with Crippen LogP contribution in [0.5, 0.6) is 0 Å². The van der Waals surface area contributed by atoms with E-state index in [1.807, 2.05) is 26.0 Å². The monoisotopic (exact) mass is 360 g/mol. The average molecular weight is 360 g/mol. The largest absolute Gasteiger partial charge is 0.449 e. The van der Waals surface area contributed by atoms with E-state index < -0.39 is 0 Å². The summed E-state index contributed by atoms with van der Waals surface area (Å²) >= 11 is 0. The van der Waals surface area contributed by atoms with Crippen molar-refractivity contribution in [3.05, 3.63) is 35.4 Å². The van der Waals surface area contributed by atoms with E-state index in [4.69, 9.17) is 4.74 Å². The van der Waals surface area contributed by atoms with Crippen molar-refractivity contribution in [1.29, 1.82) is 0 Å². The zero-order valence-corrected chi connectivity index (χ0v) is 15.7. The number of hydrogen-bond acceptors (Lipinski definition) is 4. The molecule has 1 aliphatic rings. The van der Waals surface area contributed by atoms with Gasteiger partial charge in [0.05, 0.1) is 6.61 Å². The molecule has 2 amide bonds. The molecule has 142 valence electrons. The highest BCUT2D eigenvalue weighted by Gasteiger charge is 2.25. The number of nitrogens with zero attached hydrogens (tertiary/aromatic N) is 2. The fourth-order valence-electron chi connectivity index (χ4n) is 2.80. The van der Waals surface area contributed by atoms with Gasteiger partial charge in [0.2, 0.25) is 5.91 Å². The maximum atomic E-state index is 12.3. The third-order valence-corrected chi connectivity index (χ3v) is 4.55. The van der Waals surface area contributed by atoms with E-state index >= 15 is 0 Å². The fraction of sp³-hybridized carbons (Fsp3) is 0.550. The lowest BCUT2D eigenvalue weighted by atomic mass is 10.0. The first-order valence-electron chi connectivity index (χ1n) is 9.30. The molecule has 2 rings (SSSR count). The number of carbonyl (C=O) groups excluding carboxylic acids is 3. The molecule has 6 nitrogen and oxygen atoms in total. The van der Waals surface area contributed by atoms with Crippen molar-refractivity contribution < 1.29 is 19.1 Å². The average Bonchev–Trinajstić information content (AvgIpc) is 2.66. The molecule has 0 aliphatic carbocycles. The van der Waals surface area contributed by atoms with Crippen LogP contribution >= 0.6 is 0 Å². The number of rotatable bonds is 7. The minimum absolute atomic E-state index is 0.0171. The second kappa shape index (κ2) is 9.94. The zero-order valence-electron chi connectivity index (χ0n) is 15.7. The maximum absolute atomic E-state index is 12.3. The summed E-state index contributed by atoms with van der Waals surface area (Å²) in [4.78, 5) is 39.7.